The monoisotopic (exact) mass is 397 g/mol. The topological polar surface area (TPSA) is 99.2 Å². The van der Waals surface area contributed by atoms with Gasteiger partial charge < -0.3 is 25.0 Å². The Bertz CT molecular complexity index is 907. The summed E-state index contributed by atoms with van der Waals surface area (Å²) in [5, 5.41) is 11.6. The number of urea groups is 1. The highest BCUT2D eigenvalue weighted by atomic mass is 16.5. The van der Waals surface area contributed by atoms with Crippen molar-refractivity contribution in [2.45, 2.75) is 6.92 Å². The molecule has 29 heavy (non-hydrogen) atoms. The highest BCUT2D eigenvalue weighted by Gasteiger charge is 2.25. The molecule has 152 valence electrons. The van der Waals surface area contributed by atoms with Crippen LogP contribution in [0, 0.1) is 6.92 Å². The Kier molecular flexibility index (Phi) is 6.33. The van der Waals surface area contributed by atoms with E-state index in [9.17, 15) is 14.4 Å². The Morgan fingerprint density at radius 1 is 1.00 bits per heavy atom. The summed E-state index contributed by atoms with van der Waals surface area (Å²) in [5.41, 5.74) is 2.23. The molecule has 0 saturated carbocycles. The Balaban J connectivity index is 1.54. The molecule has 0 radical (unpaired) electrons. The van der Waals surface area contributed by atoms with Gasteiger partial charge in [-0.25, -0.2) is 9.59 Å². The van der Waals surface area contributed by atoms with Crippen LogP contribution in [-0.2, 0) is 4.79 Å². The third kappa shape index (κ3) is 5.47. The number of piperazine rings is 1. The van der Waals surface area contributed by atoms with Crippen molar-refractivity contribution >= 4 is 23.6 Å². The lowest BCUT2D eigenvalue weighted by molar-refractivity contribution is -0.139. The molecule has 0 bridgehead atoms. The van der Waals surface area contributed by atoms with E-state index in [0.29, 0.717) is 37.5 Å². The van der Waals surface area contributed by atoms with Gasteiger partial charge in [-0.2, -0.15) is 0 Å². The first kappa shape index (κ1) is 20.2. The SMILES string of the molecule is Cc1cccc(NC(=O)N2CCN(C(=O)c3cccc(OCC(=O)O)c3)CC2)c1. The summed E-state index contributed by atoms with van der Waals surface area (Å²) in [7, 11) is 0. The fraction of sp³-hybridized carbons (Fsp3) is 0.286. The molecule has 2 aromatic rings. The van der Waals surface area contributed by atoms with Crippen LogP contribution in [0.15, 0.2) is 48.5 Å². The molecule has 1 aliphatic rings. The zero-order chi connectivity index (χ0) is 20.8. The second kappa shape index (κ2) is 9.09. The second-order valence-corrected chi connectivity index (χ2v) is 6.79. The van der Waals surface area contributed by atoms with Gasteiger partial charge in [0.05, 0.1) is 0 Å². The first-order valence-electron chi connectivity index (χ1n) is 9.29. The molecule has 0 spiro atoms. The number of carboxylic acids is 1. The molecule has 1 aliphatic heterocycles. The van der Waals surface area contributed by atoms with Crippen LogP contribution in [0.4, 0.5) is 10.5 Å². The molecule has 0 atom stereocenters. The number of ether oxygens (including phenoxy) is 1. The Morgan fingerprint density at radius 3 is 2.38 bits per heavy atom. The molecule has 2 aromatic carbocycles. The second-order valence-electron chi connectivity index (χ2n) is 6.79. The number of amides is 3. The normalized spacial score (nSPS) is 13.7. The van der Waals surface area contributed by atoms with Crippen LogP contribution in [0.2, 0.25) is 0 Å². The number of carbonyl (C=O) groups is 3. The van der Waals surface area contributed by atoms with Crippen molar-refractivity contribution < 1.29 is 24.2 Å². The third-order valence-electron chi connectivity index (χ3n) is 4.57. The van der Waals surface area contributed by atoms with Crippen LogP contribution in [0.5, 0.6) is 5.75 Å². The van der Waals surface area contributed by atoms with Gasteiger partial charge in [0.25, 0.3) is 5.91 Å². The zero-order valence-electron chi connectivity index (χ0n) is 16.1. The standard InChI is InChI=1S/C21H23N3O5/c1-15-4-2-6-17(12-15)22-21(28)24-10-8-23(9-11-24)20(27)16-5-3-7-18(13-16)29-14-19(25)26/h2-7,12-13H,8-11,14H2,1H3,(H,22,28)(H,25,26). The summed E-state index contributed by atoms with van der Waals surface area (Å²) in [5.74, 6) is -0.930. The molecule has 0 aromatic heterocycles. The predicted octanol–water partition coefficient (Wildman–Crippen LogP) is 2.45. The van der Waals surface area contributed by atoms with Crippen molar-refractivity contribution in [1.29, 1.82) is 0 Å². The van der Waals surface area contributed by atoms with Crippen LogP contribution in [0.3, 0.4) is 0 Å². The molecule has 3 rings (SSSR count). The lowest BCUT2D eigenvalue weighted by Crippen LogP contribution is -2.51. The van der Waals surface area contributed by atoms with Crippen molar-refractivity contribution in [3.05, 3.63) is 59.7 Å². The number of benzene rings is 2. The number of nitrogens with one attached hydrogen (secondary N) is 1. The molecule has 0 aliphatic carbocycles. The summed E-state index contributed by atoms with van der Waals surface area (Å²) in [6, 6.07) is 13.8. The Morgan fingerprint density at radius 2 is 1.69 bits per heavy atom. The number of hydrogen-bond acceptors (Lipinski definition) is 4. The highest BCUT2D eigenvalue weighted by molar-refractivity contribution is 5.95. The van der Waals surface area contributed by atoms with Crippen LogP contribution in [-0.4, -0.2) is 65.6 Å². The van der Waals surface area contributed by atoms with E-state index in [0.717, 1.165) is 11.3 Å². The first-order chi connectivity index (χ1) is 13.9. The Labute approximate surface area is 168 Å². The summed E-state index contributed by atoms with van der Waals surface area (Å²) in [6.45, 7) is 3.19. The number of hydrogen-bond donors (Lipinski definition) is 2. The Hall–Kier alpha value is -3.55. The molecule has 1 heterocycles. The average Bonchev–Trinajstić information content (AvgIpc) is 2.72. The van der Waals surface area contributed by atoms with Crippen molar-refractivity contribution in [1.82, 2.24) is 9.80 Å². The molecule has 1 saturated heterocycles. The van der Waals surface area contributed by atoms with E-state index in [1.807, 2.05) is 31.2 Å². The van der Waals surface area contributed by atoms with Crippen LogP contribution < -0.4 is 10.1 Å². The molecule has 8 nitrogen and oxygen atoms in total. The van der Waals surface area contributed by atoms with Gasteiger partial charge in [-0.05, 0) is 42.8 Å². The maximum atomic E-state index is 12.7. The first-order valence-corrected chi connectivity index (χ1v) is 9.29. The van der Waals surface area contributed by atoms with E-state index < -0.39 is 12.6 Å². The number of aryl methyl sites for hydroxylation is 1. The summed E-state index contributed by atoms with van der Waals surface area (Å²) >= 11 is 0. The smallest absolute Gasteiger partial charge is 0.341 e. The van der Waals surface area contributed by atoms with E-state index in [-0.39, 0.29) is 11.9 Å². The van der Waals surface area contributed by atoms with Crippen LogP contribution in [0.1, 0.15) is 15.9 Å². The minimum absolute atomic E-state index is 0.176. The van der Waals surface area contributed by atoms with Crippen molar-refractivity contribution in [3.8, 4) is 5.75 Å². The summed E-state index contributed by atoms with van der Waals surface area (Å²) in [4.78, 5) is 39.1. The molecular formula is C21H23N3O5. The van der Waals surface area contributed by atoms with Gasteiger partial charge in [-0.1, -0.05) is 18.2 Å². The van der Waals surface area contributed by atoms with Gasteiger partial charge in [0, 0.05) is 37.4 Å². The van der Waals surface area contributed by atoms with Crippen molar-refractivity contribution in [2.75, 3.05) is 38.1 Å². The number of carbonyl (C=O) groups excluding carboxylic acids is 2. The fourth-order valence-corrected chi connectivity index (χ4v) is 3.08. The highest BCUT2D eigenvalue weighted by Crippen LogP contribution is 2.17. The van der Waals surface area contributed by atoms with E-state index in [2.05, 4.69) is 5.32 Å². The van der Waals surface area contributed by atoms with Gasteiger partial charge >= 0.3 is 12.0 Å². The fourth-order valence-electron chi connectivity index (χ4n) is 3.08. The predicted molar refractivity (Wildman–Crippen MR) is 107 cm³/mol. The van der Waals surface area contributed by atoms with Crippen LogP contribution in [0.25, 0.3) is 0 Å². The molecule has 1 fully saturated rings. The number of nitrogens with zero attached hydrogens (tertiary/aromatic N) is 2. The van der Waals surface area contributed by atoms with Gasteiger partial charge in [-0.3, -0.25) is 4.79 Å². The van der Waals surface area contributed by atoms with Crippen LogP contribution >= 0.6 is 0 Å². The van der Waals surface area contributed by atoms with E-state index in [1.54, 1.807) is 28.0 Å². The van der Waals surface area contributed by atoms with Gasteiger partial charge in [-0.15, -0.1) is 0 Å². The minimum atomic E-state index is -1.08. The molecule has 0 unspecified atom stereocenters. The maximum absolute atomic E-state index is 12.7. The molecular weight excluding hydrogens is 374 g/mol. The quantitative estimate of drug-likeness (QED) is 0.807. The van der Waals surface area contributed by atoms with E-state index in [4.69, 9.17) is 9.84 Å². The minimum Gasteiger partial charge on any atom is -0.482 e. The molecule has 2 N–H and O–H groups in total. The lowest BCUT2D eigenvalue weighted by atomic mass is 10.1. The third-order valence-corrected chi connectivity index (χ3v) is 4.57. The van der Waals surface area contributed by atoms with E-state index in [1.165, 1.54) is 6.07 Å². The lowest BCUT2D eigenvalue weighted by Gasteiger charge is -2.34. The number of carboxylic acid groups (broad SMARTS) is 1. The van der Waals surface area contributed by atoms with Gasteiger partial charge in [0.2, 0.25) is 0 Å². The summed E-state index contributed by atoms with van der Waals surface area (Å²) in [6.07, 6.45) is 0. The maximum Gasteiger partial charge on any atom is 0.341 e. The summed E-state index contributed by atoms with van der Waals surface area (Å²) < 4.78 is 5.13. The van der Waals surface area contributed by atoms with Gasteiger partial charge in [0.15, 0.2) is 6.61 Å². The zero-order valence-corrected chi connectivity index (χ0v) is 16.1. The van der Waals surface area contributed by atoms with E-state index >= 15 is 0 Å². The van der Waals surface area contributed by atoms with Crippen molar-refractivity contribution in [2.24, 2.45) is 0 Å². The number of anilines is 1. The number of rotatable bonds is 5. The van der Waals surface area contributed by atoms with Gasteiger partial charge in [0.1, 0.15) is 5.75 Å². The molecule has 3 amide bonds. The largest absolute Gasteiger partial charge is 0.482 e. The van der Waals surface area contributed by atoms with Crippen molar-refractivity contribution in [3.63, 3.8) is 0 Å². The molecule has 8 heteroatoms. The average molecular weight is 397 g/mol. The number of aliphatic carboxylic acids is 1.